The lowest BCUT2D eigenvalue weighted by molar-refractivity contribution is -0.151. The van der Waals surface area contributed by atoms with Gasteiger partial charge in [0.25, 0.3) is 0 Å². The first-order valence-corrected chi connectivity index (χ1v) is 5.64. The summed E-state index contributed by atoms with van der Waals surface area (Å²) in [5, 5.41) is 0. The van der Waals surface area contributed by atoms with Gasteiger partial charge in [0.05, 0.1) is 5.92 Å². The molecule has 0 aromatic heterocycles. The van der Waals surface area contributed by atoms with Crippen LogP contribution in [0, 0.1) is 5.92 Å². The molecule has 3 nitrogen and oxygen atoms in total. The summed E-state index contributed by atoms with van der Waals surface area (Å²) in [5.74, 6) is 0.875. The maximum absolute atomic E-state index is 11.3. The molecule has 16 heavy (non-hydrogen) atoms. The SMILES string of the molecule is CC(COc1ccccc1)OC(=O)C1CC1. The predicted molar refractivity (Wildman–Crippen MR) is 60.2 cm³/mol. The fraction of sp³-hybridized carbons (Fsp3) is 0.462. The second kappa shape index (κ2) is 5.01. The fourth-order valence-electron chi connectivity index (χ4n) is 1.38. The summed E-state index contributed by atoms with van der Waals surface area (Å²) in [6.07, 6.45) is 1.77. The summed E-state index contributed by atoms with van der Waals surface area (Å²) in [6.45, 7) is 2.26. The molecule has 1 fully saturated rings. The number of esters is 1. The van der Waals surface area contributed by atoms with Gasteiger partial charge in [-0.25, -0.2) is 0 Å². The van der Waals surface area contributed by atoms with E-state index >= 15 is 0 Å². The molecule has 0 radical (unpaired) electrons. The van der Waals surface area contributed by atoms with Crippen molar-refractivity contribution >= 4 is 5.97 Å². The molecule has 0 heterocycles. The van der Waals surface area contributed by atoms with Crippen LogP contribution < -0.4 is 4.74 Å². The van der Waals surface area contributed by atoms with Gasteiger partial charge in [0, 0.05) is 0 Å². The van der Waals surface area contributed by atoms with Gasteiger partial charge in [-0.1, -0.05) is 18.2 Å². The predicted octanol–water partition coefficient (Wildman–Crippen LogP) is 2.41. The third-order valence-corrected chi connectivity index (χ3v) is 2.46. The van der Waals surface area contributed by atoms with Gasteiger partial charge in [-0.2, -0.15) is 0 Å². The van der Waals surface area contributed by atoms with Gasteiger partial charge in [-0.05, 0) is 31.9 Å². The first-order chi connectivity index (χ1) is 7.75. The van der Waals surface area contributed by atoms with Crippen molar-refractivity contribution in [3.05, 3.63) is 30.3 Å². The molecular formula is C13H16O3. The lowest BCUT2D eigenvalue weighted by Crippen LogP contribution is -2.22. The van der Waals surface area contributed by atoms with Gasteiger partial charge in [0.1, 0.15) is 18.5 Å². The van der Waals surface area contributed by atoms with Crippen molar-refractivity contribution < 1.29 is 14.3 Å². The highest BCUT2D eigenvalue weighted by Gasteiger charge is 2.32. The number of benzene rings is 1. The molecule has 86 valence electrons. The van der Waals surface area contributed by atoms with Crippen LogP contribution in [0.25, 0.3) is 0 Å². The van der Waals surface area contributed by atoms with Gasteiger partial charge in [-0.3, -0.25) is 4.79 Å². The summed E-state index contributed by atoms with van der Waals surface area (Å²) in [4.78, 5) is 11.3. The second-order valence-corrected chi connectivity index (χ2v) is 4.15. The molecule has 1 atom stereocenters. The Kier molecular flexibility index (Phi) is 3.44. The smallest absolute Gasteiger partial charge is 0.309 e. The number of carbonyl (C=O) groups is 1. The Morgan fingerprint density at radius 1 is 1.38 bits per heavy atom. The van der Waals surface area contributed by atoms with Crippen molar-refractivity contribution in [3.8, 4) is 5.75 Å². The van der Waals surface area contributed by atoms with Crippen LogP contribution in [0.15, 0.2) is 30.3 Å². The minimum absolute atomic E-state index is 0.0795. The minimum atomic E-state index is -0.187. The Balaban J connectivity index is 1.71. The van der Waals surface area contributed by atoms with Crippen molar-refractivity contribution in [2.45, 2.75) is 25.9 Å². The highest BCUT2D eigenvalue weighted by atomic mass is 16.6. The van der Waals surface area contributed by atoms with E-state index in [-0.39, 0.29) is 18.0 Å². The molecule has 1 saturated carbocycles. The van der Waals surface area contributed by atoms with Crippen molar-refractivity contribution in [2.24, 2.45) is 5.92 Å². The topological polar surface area (TPSA) is 35.5 Å². The van der Waals surface area contributed by atoms with Crippen molar-refractivity contribution in [3.63, 3.8) is 0 Å². The number of ether oxygens (including phenoxy) is 2. The first kappa shape index (κ1) is 11.0. The Hall–Kier alpha value is -1.51. The largest absolute Gasteiger partial charge is 0.490 e. The van der Waals surface area contributed by atoms with E-state index in [4.69, 9.17) is 9.47 Å². The van der Waals surface area contributed by atoms with Crippen LogP contribution in [-0.4, -0.2) is 18.7 Å². The Labute approximate surface area is 95.4 Å². The molecule has 1 aliphatic rings. The summed E-state index contributed by atoms with van der Waals surface area (Å²) in [7, 11) is 0. The molecule has 0 saturated heterocycles. The summed E-state index contributed by atoms with van der Waals surface area (Å²) >= 11 is 0. The fourth-order valence-corrected chi connectivity index (χ4v) is 1.38. The average molecular weight is 220 g/mol. The highest BCUT2D eigenvalue weighted by molar-refractivity contribution is 5.75. The normalized spacial score (nSPS) is 16.6. The maximum Gasteiger partial charge on any atom is 0.309 e. The van der Waals surface area contributed by atoms with E-state index in [1.807, 2.05) is 37.3 Å². The molecule has 3 heteroatoms. The molecule has 0 bridgehead atoms. The Bertz CT molecular complexity index is 343. The van der Waals surface area contributed by atoms with Gasteiger partial charge in [-0.15, -0.1) is 0 Å². The summed E-state index contributed by atoms with van der Waals surface area (Å²) < 4.78 is 10.7. The van der Waals surface area contributed by atoms with E-state index < -0.39 is 0 Å². The zero-order valence-corrected chi connectivity index (χ0v) is 9.39. The van der Waals surface area contributed by atoms with Gasteiger partial charge >= 0.3 is 5.97 Å². The number of carbonyl (C=O) groups excluding carboxylic acids is 1. The van der Waals surface area contributed by atoms with E-state index in [0.29, 0.717) is 6.61 Å². The van der Waals surface area contributed by atoms with Crippen LogP contribution in [0.4, 0.5) is 0 Å². The van der Waals surface area contributed by atoms with Crippen LogP contribution in [-0.2, 0) is 9.53 Å². The van der Waals surface area contributed by atoms with Gasteiger partial charge in [0.15, 0.2) is 0 Å². The van der Waals surface area contributed by atoms with Crippen molar-refractivity contribution in [2.75, 3.05) is 6.61 Å². The molecule has 1 aliphatic carbocycles. The quantitative estimate of drug-likeness (QED) is 0.715. The lowest BCUT2D eigenvalue weighted by atomic mass is 10.3. The maximum atomic E-state index is 11.3. The Morgan fingerprint density at radius 2 is 2.06 bits per heavy atom. The molecule has 2 rings (SSSR count). The molecule has 0 N–H and O–H groups in total. The van der Waals surface area contributed by atoms with E-state index in [9.17, 15) is 4.79 Å². The molecule has 0 aliphatic heterocycles. The molecule has 1 aromatic carbocycles. The Morgan fingerprint density at radius 3 is 2.69 bits per heavy atom. The van der Waals surface area contributed by atoms with Crippen molar-refractivity contribution in [1.29, 1.82) is 0 Å². The number of hydrogen-bond donors (Lipinski definition) is 0. The average Bonchev–Trinajstić information content (AvgIpc) is 3.11. The van der Waals surface area contributed by atoms with Crippen LogP contribution in [0.3, 0.4) is 0 Å². The van der Waals surface area contributed by atoms with Gasteiger partial charge < -0.3 is 9.47 Å². The van der Waals surface area contributed by atoms with Crippen LogP contribution >= 0.6 is 0 Å². The van der Waals surface area contributed by atoms with E-state index in [2.05, 4.69) is 0 Å². The minimum Gasteiger partial charge on any atom is -0.490 e. The highest BCUT2D eigenvalue weighted by Crippen LogP contribution is 2.30. The van der Waals surface area contributed by atoms with E-state index in [1.54, 1.807) is 0 Å². The number of rotatable bonds is 5. The monoisotopic (exact) mass is 220 g/mol. The number of hydrogen-bond acceptors (Lipinski definition) is 3. The first-order valence-electron chi connectivity index (χ1n) is 5.64. The zero-order chi connectivity index (χ0) is 11.4. The number of para-hydroxylation sites is 1. The third kappa shape index (κ3) is 3.26. The summed E-state index contributed by atoms with van der Waals surface area (Å²) in [6, 6.07) is 9.53. The standard InChI is InChI=1S/C13H16O3/c1-10(16-13(14)11-7-8-11)9-15-12-5-3-2-4-6-12/h2-6,10-11H,7-9H2,1H3. The van der Waals surface area contributed by atoms with Crippen LogP contribution in [0.1, 0.15) is 19.8 Å². The van der Waals surface area contributed by atoms with E-state index in [1.165, 1.54) is 0 Å². The van der Waals surface area contributed by atoms with Crippen molar-refractivity contribution in [1.82, 2.24) is 0 Å². The third-order valence-electron chi connectivity index (χ3n) is 2.46. The molecule has 0 spiro atoms. The van der Waals surface area contributed by atoms with E-state index in [0.717, 1.165) is 18.6 Å². The molecular weight excluding hydrogens is 204 g/mol. The van der Waals surface area contributed by atoms with Crippen LogP contribution in [0.5, 0.6) is 5.75 Å². The lowest BCUT2D eigenvalue weighted by Gasteiger charge is -2.14. The molecule has 0 amide bonds. The van der Waals surface area contributed by atoms with Crippen LogP contribution in [0.2, 0.25) is 0 Å². The summed E-state index contributed by atoms with van der Waals surface area (Å²) in [5.41, 5.74) is 0. The molecule has 1 aromatic rings. The second-order valence-electron chi connectivity index (χ2n) is 4.15. The molecule has 1 unspecified atom stereocenters. The zero-order valence-electron chi connectivity index (χ0n) is 9.39. The van der Waals surface area contributed by atoms with Gasteiger partial charge in [0.2, 0.25) is 0 Å².